The van der Waals surface area contributed by atoms with Crippen molar-refractivity contribution in [3.8, 4) is 5.75 Å². The maximum absolute atomic E-state index is 13.2. The molecular weight excluding hydrogens is 388 g/mol. The summed E-state index contributed by atoms with van der Waals surface area (Å²) in [6.45, 7) is 2.18. The van der Waals surface area contributed by atoms with E-state index in [1.165, 1.54) is 0 Å². The molecule has 6 nitrogen and oxygen atoms in total. The fraction of sp³-hybridized carbons (Fsp3) is 0.474. The molecular formula is C19H27ClN2O4S. The van der Waals surface area contributed by atoms with Gasteiger partial charge in [-0.25, -0.2) is 8.42 Å². The number of ether oxygens (including phenoxy) is 2. The van der Waals surface area contributed by atoms with Crippen molar-refractivity contribution in [2.24, 2.45) is 5.73 Å². The first-order chi connectivity index (χ1) is 12.6. The molecule has 1 saturated heterocycles. The molecule has 1 heterocycles. The van der Waals surface area contributed by atoms with Gasteiger partial charge in [0.05, 0.1) is 18.1 Å². The first-order valence-corrected chi connectivity index (χ1v) is 10.4. The first-order valence-electron chi connectivity index (χ1n) is 8.95. The number of methoxy groups -OCH3 is 1. The normalized spacial score (nSPS) is 16.2. The van der Waals surface area contributed by atoms with Crippen LogP contribution in [0, 0.1) is 0 Å². The number of piperidine rings is 1. The fourth-order valence-electron chi connectivity index (χ4n) is 3.36. The number of nitrogens with zero attached hydrogens (tertiary/aromatic N) is 1. The Balaban J connectivity index is 0.00000261. The van der Waals surface area contributed by atoms with Crippen LogP contribution in [0.3, 0.4) is 0 Å². The molecule has 8 heteroatoms. The van der Waals surface area contributed by atoms with Crippen molar-refractivity contribution >= 4 is 33.2 Å². The topological polar surface area (TPSA) is 81.9 Å². The molecule has 1 fully saturated rings. The summed E-state index contributed by atoms with van der Waals surface area (Å²) in [6, 6.07) is 10.8. The van der Waals surface area contributed by atoms with Gasteiger partial charge in [0.25, 0.3) is 0 Å². The lowest BCUT2D eigenvalue weighted by atomic mass is 10.1. The van der Waals surface area contributed by atoms with Crippen LogP contribution in [-0.4, -0.2) is 52.2 Å². The van der Waals surface area contributed by atoms with E-state index in [9.17, 15) is 8.42 Å². The van der Waals surface area contributed by atoms with Gasteiger partial charge in [0.15, 0.2) is 0 Å². The second-order valence-corrected chi connectivity index (χ2v) is 8.33. The SMILES string of the molecule is COc1ccc(S(=O)(=O)N2CCC(OCCCN)CC2)c2ccccc12.Cl. The van der Waals surface area contributed by atoms with Crippen LogP contribution in [-0.2, 0) is 14.8 Å². The van der Waals surface area contributed by atoms with E-state index in [0.29, 0.717) is 55.1 Å². The van der Waals surface area contributed by atoms with Crippen LogP contribution in [0.25, 0.3) is 10.8 Å². The smallest absolute Gasteiger partial charge is 0.243 e. The molecule has 0 radical (unpaired) electrons. The molecule has 0 bridgehead atoms. The summed E-state index contributed by atoms with van der Waals surface area (Å²) >= 11 is 0. The van der Waals surface area contributed by atoms with Crippen LogP contribution < -0.4 is 10.5 Å². The molecule has 0 spiro atoms. The standard InChI is InChI=1S/C19H26N2O4S.ClH/c1-24-18-7-8-19(17-6-3-2-5-16(17)18)26(22,23)21-12-9-15(10-13-21)25-14-4-11-20;/h2-3,5-8,15H,4,9-14,20H2,1H3;1H. The molecule has 2 N–H and O–H groups in total. The van der Waals surface area contributed by atoms with Crippen molar-refractivity contribution in [3.05, 3.63) is 36.4 Å². The van der Waals surface area contributed by atoms with Crippen LogP contribution in [0.1, 0.15) is 19.3 Å². The predicted octanol–water partition coefficient (Wildman–Crippen LogP) is 2.79. The molecule has 0 aliphatic carbocycles. The minimum Gasteiger partial charge on any atom is -0.496 e. The molecule has 3 rings (SSSR count). The lowest BCUT2D eigenvalue weighted by Crippen LogP contribution is -2.41. The average molecular weight is 415 g/mol. The quantitative estimate of drug-likeness (QED) is 0.704. The minimum absolute atomic E-state index is 0. The molecule has 0 unspecified atom stereocenters. The van der Waals surface area contributed by atoms with Gasteiger partial charge >= 0.3 is 0 Å². The maximum Gasteiger partial charge on any atom is 0.243 e. The van der Waals surface area contributed by atoms with Gasteiger partial charge in [-0.1, -0.05) is 24.3 Å². The molecule has 27 heavy (non-hydrogen) atoms. The van der Waals surface area contributed by atoms with Crippen LogP contribution in [0.2, 0.25) is 0 Å². The lowest BCUT2D eigenvalue weighted by molar-refractivity contribution is 0.0209. The number of rotatable bonds is 7. The highest BCUT2D eigenvalue weighted by Gasteiger charge is 2.31. The van der Waals surface area contributed by atoms with Crippen LogP contribution in [0.4, 0.5) is 0 Å². The molecule has 1 aliphatic rings. The summed E-state index contributed by atoms with van der Waals surface area (Å²) in [5.74, 6) is 0.673. The molecule has 0 atom stereocenters. The van der Waals surface area contributed by atoms with Gasteiger partial charge in [0.1, 0.15) is 5.75 Å². The third kappa shape index (κ3) is 4.73. The molecule has 0 saturated carbocycles. The number of halogens is 1. The van der Waals surface area contributed by atoms with E-state index in [1.54, 1.807) is 23.5 Å². The number of hydrogen-bond donors (Lipinski definition) is 1. The van der Waals surface area contributed by atoms with E-state index in [-0.39, 0.29) is 18.5 Å². The zero-order valence-corrected chi connectivity index (χ0v) is 17.1. The highest BCUT2D eigenvalue weighted by molar-refractivity contribution is 7.89. The summed E-state index contributed by atoms with van der Waals surface area (Å²) in [5, 5.41) is 1.49. The Morgan fingerprint density at radius 1 is 1.11 bits per heavy atom. The van der Waals surface area contributed by atoms with Crippen molar-refractivity contribution in [3.63, 3.8) is 0 Å². The van der Waals surface area contributed by atoms with Crippen LogP contribution in [0.5, 0.6) is 5.75 Å². The Labute approximate surface area is 167 Å². The Kier molecular flexibility index (Phi) is 7.88. The average Bonchev–Trinajstić information content (AvgIpc) is 2.67. The van der Waals surface area contributed by atoms with E-state index < -0.39 is 10.0 Å². The highest BCUT2D eigenvalue weighted by atomic mass is 35.5. The van der Waals surface area contributed by atoms with E-state index in [4.69, 9.17) is 15.2 Å². The Hall–Kier alpha value is -1.38. The number of sulfonamides is 1. The first kappa shape index (κ1) is 21.9. The third-order valence-electron chi connectivity index (χ3n) is 4.78. The summed E-state index contributed by atoms with van der Waals surface area (Å²) < 4.78 is 39.1. The lowest BCUT2D eigenvalue weighted by Gasteiger charge is -2.31. The molecule has 150 valence electrons. The Morgan fingerprint density at radius 2 is 1.78 bits per heavy atom. The van der Waals surface area contributed by atoms with Gasteiger partial charge in [-0.3, -0.25) is 0 Å². The second kappa shape index (κ2) is 9.71. The molecule has 0 amide bonds. The van der Waals surface area contributed by atoms with E-state index >= 15 is 0 Å². The molecule has 0 aromatic heterocycles. The third-order valence-corrected chi connectivity index (χ3v) is 6.74. The predicted molar refractivity (Wildman–Crippen MR) is 109 cm³/mol. The number of benzene rings is 2. The van der Waals surface area contributed by atoms with E-state index in [2.05, 4.69) is 0 Å². The van der Waals surface area contributed by atoms with Crippen LogP contribution in [0.15, 0.2) is 41.3 Å². The fourth-order valence-corrected chi connectivity index (χ4v) is 5.02. The van der Waals surface area contributed by atoms with Crippen molar-refractivity contribution in [1.82, 2.24) is 4.31 Å². The molecule has 2 aromatic carbocycles. The van der Waals surface area contributed by atoms with Gasteiger partial charge in [-0.05, 0) is 37.9 Å². The van der Waals surface area contributed by atoms with Crippen molar-refractivity contribution in [1.29, 1.82) is 0 Å². The van der Waals surface area contributed by atoms with Gasteiger partial charge in [-0.2, -0.15) is 4.31 Å². The van der Waals surface area contributed by atoms with Gasteiger partial charge in [0, 0.05) is 30.5 Å². The molecule has 1 aliphatic heterocycles. The number of hydrogen-bond acceptors (Lipinski definition) is 5. The zero-order valence-electron chi connectivity index (χ0n) is 15.5. The van der Waals surface area contributed by atoms with Crippen LogP contribution >= 0.6 is 12.4 Å². The van der Waals surface area contributed by atoms with Gasteiger partial charge in [-0.15, -0.1) is 12.4 Å². The highest BCUT2D eigenvalue weighted by Crippen LogP contribution is 2.33. The zero-order chi connectivity index (χ0) is 18.6. The van der Waals surface area contributed by atoms with Crippen molar-refractivity contribution < 1.29 is 17.9 Å². The Bertz CT molecular complexity index is 852. The summed E-state index contributed by atoms with van der Waals surface area (Å²) in [6.07, 6.45) is 2.35. The maximum atomic E-state index is 13.2. The second-order valence-electron chi connectivity index (χ2n) is 6.43. The summed E-state index contributed by atoms with van der Waals surface area (Å²) in [5.41, 5.74) is 5.48. The van der Waals surface area contributed by atoms with E-state index in [0.717, 1.165) is 11.8 Å². The largest absolute Gasteiger partial charge is 0.496 e. The van der Waals surface area contributed by atoms with Gasteiger partial charge < -0.3 is 15.2 Å². The summed E-state index contributed by atoms with van der Waals surface area (Å²) in [7, 11) is -1.97. The monoisotopic (exact) mass is 414 g/mol. The molecule has 2 aromatic rings. The van der Waals surface area contributed by atoms with Crippen molar-refractivity contribution in [2.45, 2.75) is 30.3 Å². The van der Waals surface area contributed by atoms with E-state index in [1.807, 2.05) is 24.3 Å². The number of fused-ring (bicyclic) bond motifs is 1. The Morgan fingerprint density at radius 3 is 2.41 bits per heavy atom. The number of nitrogens with two attached hydrogens (primary N) is 1. The van der Waals surface area contributed by atoms with Gasteiger partial charge in [0.2, 0.25) is 10.0 Å². The van der Waals surface area contributed by atoms with Crippen molar-refractivity contribution in [2.75, 3.05) is 33.4 Å². The minimum atomic E-state index is -3.56. The summed E-state index contributed by atoms with van der Waals surface area (Å²) in [4.78, 5) is 0.330.